The molecule has 0 spiro atoms. The second-order valence-electron chi connectivity index (χ2n) is 8.34. The fourth-order valence-electron chi connectivity index (χ4n) is 2.81. The smallest absolute Gasteiger partial charge is 0.410 e. The summed E-state index contributed by atoms with van der Waals surface area (Å²) >= 11 is 5.69. The lowest BCUT2D eigenvalue weighted by Crippen LogP contribution is -2.49. The summed E-state index contributed by atoms with van der Waals surface area (Å²) in [5.41, 5.74) is 0.945. The number of benzene rings is 1. The summed E-state index contributed by atoms with van der Waals surface area (Å²) in [5.74, 6) is 0. The van der Waals surface area contributed by atoms with Gasteiger partial charge in [0, 0.05) is 32.7 Å². The molecule has 1 fully saturated rings. The second-order valence-corrected chi connectivity index (χ2v) is 8.68. The summed E-state index contributed by atoms with van der Waals surface area (Å²) in [5, 5.41) is -0.358. The Morgan fingerprint density at radius 2 is 1.54 bits per heavy atom. The summed E-state index contributed by atoms with van der Waals surface area (Å²) in [6.07, 6.45) is -0.241. The number of halogens is 1. The van der Waals surface area contributed by atoms with Crippen LogP contribution in [0.15, 0.2) is 24.3 Å². The lowest BCUT2D eigenvalue weighted by Gasteiger charge is -2.35. The van der Waals surface area contributed by atoms with Gasteiger partial charge in [-0.1, -0.05) is 24.3 Å². The van der Waals surface area contributed by atoms with Crippen molar-refractivity contribution in [3.8, 4) is 0 Å². The van der Waals surface area contributed by atoms with E-state index in [9.17, 15) is 9.59 Å². The second kappa shape index (κ2) is 7.97. The molecule has 5 nitrogen and oxygen atoms in total. The van der Waals surface area contributed by atoms with Crippen molar-refractivity contribution >= 4 is 22.9 Å². The van der Waals surface area contributed by atoms with E-state index in [4.69, 9.17) is 16.3 Å². The molecular formula is C20H29ClN2O3. The highest BCUT2D eigenvalue weighted by molar-refractivity contribution is 6.65. The fourth-order valence-corrected chi connectivity index (χ4v) is 2.92. The van der Waals surface area contributed by atoms with Crippen LogP contribution in [-0.2, 0) is 21.5 Å². The normalized spacial score (nSPS) is 16.5. The lowest BCUT2D eigenvalue weighted by molar-refractivity contribution is -0.115. The van der Waals surface area contributed by atoms with Gasteiger partial charge in [-0.05, 0) is 57.3 Å². The predicted octanol–water partition coefficient (Wildman–Crippen LogP) is 3.78. The van der Waals surface area contributed by atoms with Crippen molar-refractivity contribution in [2.45, 2.75) is 52.2 Å². The van der Waals surface area contributed by atoms with Gasteiger partial charge >= 0.3 is 6.09 Å². The van der Waals surface area contributed by atoms with Gasteiger partial charge in [0.15, 0.2) is 0 Å². The third-order valence-corrected chi connectivity index (χ3v) is 5.07. The molecule has 1 aromatic rings. The van der Waals surface area contributed by atoms with Crippen LogP contribution in [0.5, 0.6) is 0 Å². The average Bonchev–Trinajstić information content (AvgIpc) is 2.54. The van der Waals surface area contributed by atoms with Gasteiger partial charge in [-0.15, -0.1) is 0 Å². The van der Waals surface area contributed by atoms with Crippen molar-refractivity contribution in [1.29, 1.82) is 0 Å². The van der Waals surface area contributed by atoms with Gasteiger partial charge in [0.1, 0.15) is 5.60 Å². The lowest BCUT2D eigenvalue weighted by atomic mass is 9.85. The third kappa shape index (κ3) is 5.45. The van der Waals surface area contributed by atoms with E-state index >= 15 is 0 Å². The number of ether oxygens (including phenoxy) is 1. The number of piperazine rings is 1. The standard InChI is InChI=1S/C20H29ClN2O3/c1-19(2,3)26-18(25)23-12-10-22(11-13-23)14-15-6-8-16(9-7-15)20(4,5)17(21)24/h6-9H,10-14H2,1-5H3. The molecule has 1 saturated heterocycles. The number of rotatable bonds is 4. The van der Waals surface area contributed by atoms with Crippen LogP contribution < -0.4 is 0 Å². The Bertz CT molecular complexity index is 642. The quantitative estimate of drug-likeness (QED) is 0.746. The van der Waals surface area contributed by atoms with Crippen LogP contribution in [0.3, 0.4) is 0 Å². The Morgan fingerprint density at radius 1 is 1.00 bits per heavy atom. The Hall–Kier alpha value is -1.59. The van der Waals surface area contributed by atoms with E-state index in [1.165, 1.54) is 5.56 Å². The van der Waals surface area contributed by atoms with Crippen LogP contribution in [0.4, 0.5) is 4.79 Å². The van der Waals surface area contributed by atoms with Crippen molar-refractivity contribution < 1.29 is 14.3 Å². The summed E-state index contributed by atoms with van der Waals surface area (Å²) in [7, 11) is 0. The molecule has 1 aromatic carbocycles. The molecule has 26 heavy (non-hydrogen) atoms. The zero-order valence-electron chi connectivity index (χ0n) is 16.3. The summed E-state index contributed by atoms with van der Waals surface area (Å²) in [6, 6.07) is 8.01. The Morgan fingerprint density at radius 3 is 2.00 bits per heavy atom. The van der Waals surface area contributed by atoms with E-state index in [1.807, 2.05) is 58.9 Å². The van der Waals surface area contributed by atoms with Crippen LogP contribution >= 0.6 is 11.6 Å². The first-order valence-electron chi connectivity index (χ1n) is 8.99. The van der Waals surface area contributed by atoms with E-state index in [-0.39, 0.29) is 11.3 Å². The number of carbonyl (C=O) groups excluding carboxylic acids is 2. The monoisotopic (exact) mass is 380 g/mol. The van der Waals surface area contributed by atoms with Crippen LogP contribution in [0.25, 0.3) is 0 Å². The largest absolute Gasteiger partial charge is 0.444 e. The third-order valence-electron chi connectivity index (χ3n) is 4.60. The molecule has 1 aliphatic heterocycles. The van der Waals surface area contributed by atoms with Crippen molar-refractivity contribution in [1.82, 2.24) is 9.80 Å². The first-order valence-corrected chi connectivity index (χ1v) is 9.36. The molecule has 1 aliphatic rings. The molecule has 0 bridgehead atoms. The van der Waals surface area contributed by atoms with Crippen molar-refractivity contribution in [3.05, 3.63) is 35.4 Å². The maximum atomic E-state index is 12.1. The van der Waals surface area contributed by atoms with Gasteiger partial charge in [0.05, 0.1) is 5.41 Å². The molecule has 0 aromatic heterocycles. The van der Waals surface area contributed by atoms with Crippen molar-refractivity contribution in [3.63, 3.8) is 0 Å². The summed E-state index contributed by atoms with van der Waals surface area (Å²) < 4.78 is 5.43. The van der Waals surface area contributed by atoms with Crippen LogP contribution in [-0.4, -0.2) is 52.9 Å². The molecule has 0 saturated carbocycles. The average molecular weight is 381 g/mol. The van der Waals surface area contributed by atoms with Gasteiger partial charge in [0.25, 0.3) is 0 Å². The maximum Gasteiger partial charge on any atom is 0.410 e. The molecule has 0 atom stereocenters. The van der Waals surface area contributed by atoms with Crippen LogP contribution in [0.2, 0.25) is 0 Å². The highest BCUT2D eigenvalue weighted by Gasteiger charge is 2.28. The first kappa shape index (κ1) is 20.7. The van der Waals surface area contributed by atoms with E-state index in [0.29, 0.717) is 13.1 Å². The molecule has 0 radical (unpaired) electrons. The molecule has 144 valence electrons. The molecule has 6 heteroatoms. The van der Waals surface area contributed by atoms with Gasteiger partial charge in [-0.2, -0.15) is 0 Å². The Labute approximate surface area is 161 Å². The number of hydrogen-bond acceptors (Lipinski definition) is 4. The summed E-state index contributed by atoms with van der Waals surface area (Å²) in [6.45, 7) is 13.1. The predicted molar refractivity (Wildman–Crippen MR) is 103 cm³/mol. The Kier molecular flexibility index (Phi) is 6.35. The molecule has 0 unspecified atom stereocenters. The van der Waals surface area contributed by atoms with Gasteiger partial charge < -0.3 is 9.64 Å². The molecule has 0 aliphatic carbocycles. The number of hydrogen-bond donors (Lipinski definition) is 0. The van der Waals surface area contributed by atoms with Crippen LogP contribution in [0, 0.1) is 0 Å². The number of amides is 1. The highest BCUT2D eigenvalue weighted by atomic mass is 35.5. The van der Waals surface area contributed by atoms with Gasteiger partial charge in [0.2, 0.25) is 5.24 Å². The molecule has 1 amide bonds. The maximum absolute atomic E-state index is 12.1. The zero-order chi connectivity index (χ0) is 19.5. The number of carbonyl (C=O) groups is 2. The van der Waals surface area contributed by atoms with E-state index in [2.05, 4.69) is 4.90 Å². The van der Waals surface area contributed by atoms with E-state index in [0.717, 1.165) is 25.2 Å². The van der Waals surface area contributed by atoms with Gasteiger partial charge in [-0.25, -0.2) is 4.79 Å². The SMILES string of the molecule is CC(C)(C)OC(=O)N1CCN(Cc2ccc(C(C)(C)C(=O)Cl)cc2)CC1. The van der Waals surface area contributed by atoms with Crippen molar-refractivity contribution in [2.75, 3.05) is 26.2 Å². The highest BCUT2D eigenvalue weighted by Crippen LogP contribution is 2.26. The minimum atomic E-state index is -0.681. The van der Waals surface area contributed by atoms with E-state index in [1.54, 1.807) is 4.90 Å². The molecule has 2 rings (SSSR count). The topological polar surface area (TPSA) is 49.9 Å². The minimum Gasteiger partial charge on any atom is -0.444 e. The fraction of sp³-hybridized carbons (Fsp3) is 0.600. The Balaban J connectivity index is 1.88. The van der Waals surface area contributed by atoms with Crippen molar-refractivity contribution in [2.24, 2.45) is 0 Å². The molecule has 0 N–H and O–H groups in total. The van der Waals surface area contributed by atoms with Gasteiger partial charge in [-0.3, -0.25) is 9.69 Å². The van der Waals surface area contributed by atoms with Crippen LogP contribution in [0.1, 0.15) is 45.7 Å². The summed E-state index contributed by atoms with van der Waals surface area (Å²) in [4.78, 5) is 27.7. The first-order chi connectivity index (χ1) is 12.0. The minimum absolute atomic E-state index is 0.241. The van der Waals surface area contributed by atoms with E-state index < -0.39 is 11.0 Å². The molecule has 1 heterocycles. The molecular weight excluding hydrogens is 352 g/mol. The number of nitrogens with zero attached hydrogens (tertiary/aromatic N) is 2. The zero-order valence-corrected chi connectivity index (χ0v) is 17.1.